The number of esters is 1. The van der Waals surface area contributed by atoms with Gasteiger partial charge in [0.1, 0.15) is 0 Å². The Labute approximate surface area is 166 Å². The Morgan fingerprint density at radius 2 is 2.00 bits per heavy atom. The van der Waals surface area contributed by atoms with Crippen molar-refractivity contribution < 1.29 is 24.0 Å². The summed E-state index contributed by atoms with van der Waals surface area (Å²) in [5.41, 5.74) is 1.35. The van der Waals surface area contributed by atoms with Crippen LogP contribution in [0.2, 0.25) is 0 Å². The van der Waals surface area contributed by atoms with Crippen molar-refractivity contribution in [3.63, 3.8) is 0 Å². The molecule has 0 saturated heterocycles. The van der Waals surface area contributed by atoms with Crippen molar-refractivity contribution in [1.82, 2.24) is 0 Å². The summed E-state index contributed by atoms with van der Waals surface area (Å²) < 4.78 is 5.12. The van der Waals surface area contributed by atoms with E-state index >= 15 is 0 Å². The predicted octanol–water partition coefficient (Wildman–Crippen LogP) is 2.82. The first-order valence-corrected chi connectivity index (χ1v) is 8.91. The van der Waals surface area contributed by atoms with Crippen molar-refractivity contribution in [3.05, 3.63) is 63.7 Å². The molecule has 0 radical (unpaired) electrons. The summed E-state index contributed by atoms with van der Waals surface area (Å²) in [6.07, 6.45) is 0.107. The molecule has 0 saturated carbocycles. The number of carbonyl (C=O) groups excluding carboxylic acids is 3. The van der Waals surface area contributed by atoms with E-state index < -0.39 is 29.4 Å². The molecule has 0 aromatic heterocycles. The molecule has 0 spiro atoms. The summed E-state index contributed by atoms with van der Waals surface area (Å²) in [6, 6.07) is 10.3. The van der Waals surface area contributed by atoms with Crippen LogP contribution in [-0.4, -0.2) is 35.4 Å². The maximum atomic E-state index is 12.8. The monoisotopic (exact) mass is 397 g/mol. The Hall–Kier alpha value is -3.75. The minimum Gasteiger partial charge on any atom is -0.452 e. The van der Waals surface area contributed by atoms with E-state index in [9.17, 15) is 24.5 Å². The van der Waals surface area contributed by atoms with Gasteiger partial charge in [0.2, 0.25) is 5.91 Å². The number of nitrogens with one attached hydrogen (secondary N) is 1. The largest absolute Gasteiger partial charge is 0.452 e. The number of para-hydroxylation sites is 2. The van der Waals surface area contributed by atoms with Crippen LogP contribution in [0.5, 0.6) is 0 Å². The van der Waals surface area contributed by atoms with Crippen LogP contribution in [0.3, 0.4) is 0 Å². The zero-order valence-electron chi connectivity index (χ0n) is 15.9. The first-order valence-electron chi connectivity index (χ1n) is 8.91. The van der Waals surface area contributed by atoms with Crippen LogP contribution in [0.25, 0.3) is 0 Å². The van der Waals surface area contributed by atoms with Crippen molar-refractivity contribution in [3.8, 4) is 0 Å². The molecule has 2 aromatic carbocycles. The first-order chi connectivity index (χ1) is 13.8. The van der Waals surface area contributed by atoms with Crippen LogP contribution in [0.1, 0.15) is 29.3 Å². The van der Waals surface area contributed by atoms with Crippen molar-refractivity contribution in [2.45, 2.75) is 26.3 Å². The molecule has 1 N–H and O–H groups in total. The van der Waals surface area contributed by atoms with E-state index in [1.165, 1.54) is 30.0 Å². The molecule has 29 heavy (non-hydrogen) atoms. The average Bonchev–Trinajstić information content (AvgIpc) is 2.79. The third-order valence-corrected chi connectivity index (χ3v) is 4.58. The number of anilines is 2. The Balaban J connectivity index is 1.75. The van der Waals surface area contributed by atoms with Crippen LogP contribution in [0, 0.1) is 17.0 Å². The number of carbonyl (C=O) groups is 3. The molecule has 0 fully saturated rings. The standard InChI is InChI=1S/C20H19N3O6/c1-12-9-14(7-8-16(12)23(27)28)20(26)29-11-19(25)22-13(2)10-18(24)21-15-5-3-4-6-17(15)22/h3-9,13H,10-11H2,1-2H3,(H,21,24)/t13-/m0/s1. The van der Waals surface area contributed by atoms with Gasteiger partial charge < -0.3 is 15.0 Å². The van der Waals surface area contributed by atoms with Gasteiger partial charge in [0.05, 0.1) is 21.9 Å². The number of ether oxygens (including phenoxy) is 1. The SMILES string of the molecule is Cc1cc(C(=O)OCC(=O)N2c3ccccc3NC(=O)C[C@@H]2C)ccc1[N+](=O)[O-]. The minimum absolute atomic E-state index is 0.107. The number of aryl methyl sites for hydroxylation is 1. The topological polar surface area (TPSA) is 119 Å². The lowest BCUT2D eigenvalue weighted by Crippen LogP contribution is -2.41. The summed E-state index contributed by atoms with van der Waals surface area (Å²) in [6.45, 7) is 2.72. The highest BCUT2D eigenvalue weighted by atomic mass is 16.6. The van der Waals surface area contributed by atoms with Gasteiger partial charge in [-0.3, -0.25) is 19.7 Å². The number of nitro groups is 1. The second kappa shape index (κ2) is 8.09. The third-order valence-electron chi connectivity index (χ3n) is 4.58. The van der Waals surface area contributed by atoms with Crippen molar-refractivity contribution in [2.75, 3.05) is 16.8 Å². The van der Waals surface area contributed by atoms with E-state index in [2.05, 4.69) is 5.32 Å². The maximum Gasteiger partial charge on any atom is 0.338 e. The molecule has 2 amide bonds. The van der Waals surface area contributed by atoms with E-state index in [-0.39, 0.29) is 23.6 Å². The molecule has 0 unspecified atom stereocenters. The van der Waals surface area contributed by atoms with Crippen LogP contribution in [0.4, 0.5) is 17.1 Å². The zero-order chi connectivity index (χ0) is 21.1. The van der Waals surface area contributed by atoms with E-state index in [0.717, 1.165) is 0 Å². The van der Waals surface area contributed by atoms with Gasteiger partial charge in [0.15, 0.2) is 6.61 Å². The number of amides is 2. The van der Waals surface area contributed by atoms with E-state index in [1.54, 1.807) is 31.2 Å². The van der Waals surface area contributed by atoms with E-state index in [1.807, 2.05) is 0 Å². The molecule has 0 aliphatic carbocycles. The van der Waals surface area contributed by atoms with Crippen LogP contribution in [0.15, 0.2) is 42.5 Å². The lowest BCUT2D eigenvalue weighted by molar-refractivity contribution is -0.385. The first kappa shape index (κ1) is 20.0. The van der Waals surface area contributed by atoms with Gasteiger partial charge in [-0.2, -0.15) is 0 Å². The fourth-order valence-electron chi connectivity index (χ4n) is 3.24. The van der Waals surface area contributed by atoms with Crippen LogP contribution < -0.4 is 10.2 Å². The summed E-state index contributed by atoms with van der Waals surface area (Å²) in [7, 11) is 0. The molecule has 1 atom stereocenters. The van der Waals surface area contributed by atoms with E-state index in [0.29, 0.717) is 16.9 Å². The number of nitro benzene ring substituents is 1. The molecule has 150 valence electrons. The minimum atomic E-state index is -0.763. The summed E-state index contributed by atoms with van der Waals surface area (Å²) in [4.78, 5) is 48.9. The van der Waals surface area contributed by atoms with Gasteiger partial charge in [-0.1, -0.05) is 12.1 Å². The molecule has 1 aliphatic heterocycles. The van der Waals surface area contributed by atoms with Gasteiger partial charge in [-0.15, -0.1) is 0 Å². The maximum absolute atomic E-state index is 12.8. The fourth-order valence-corrected chi connectivity index (χ4v) is 3.24. The third kappa shape index (κ3) is 4.23. The Morgan fingerprint density at radius 3 is 2.69 bits per heavy atom. The predicted molar refractivity (Wildman–Crippen MR) is 105 cm³/mol. The number of benzene rings is 2. The van der Waals surface area contributed by atoms with Crippen LogP contribution in [-0.2, 0) is 14.3 Å². The number of fused-ring (bicyclic) bond motifs is 1. The van der Waals surface area contributed by atoms with E-state index in [4.69, 9.17) is 4.74 Å². The van der Waals surface area contributed by atoms with Crippen molar-refractivity contribution in [1.29, 1.82) is 0 Å². The molecule has 9 nitrogen and oxygen atoms in total. The smallest absolute Gasteiger partial charge is 0.338 e. The number of hydrogen-bond acceptors (Lipinski definition) is 6. The lowest BCUT2D eigenvalue weighted by Gasteiger charge is -2.27. The Kier molecular flexibility index (Phi) is 5.58. The van der Waals surface area contributed by atoms with Gasteiger partial charge in [0.25, 0.3) is 11.6 Å². The number of nitrogens with zero attached hydrogens (tertiary/aromatic N) is 2. The molecule has 1 aliphatic rings. The molecular weight excluding hydrogens is 378 g/mol. The fraction of sp³-hybridized carbons (Fsp3) is 0.250. The highest BCUT2D eigenvalue weighted by molar-refractivity contribution is 6.05. The normalized spacial score (nSPS) is 15.7. The Bertz CT molecular complexity index is 1000. The Morgan fingerprint density at radius 1 is 1.28 bits per heavy atom. The molecule has 3 rings (SSSR count). The number of rotatable bonds is 4. The van der Waals surface area contributed by atoms with Gasteiger partial charge in [-0.05, 0) is 38.1 Å². The molecule has 0 bridgehead atoms. The zero-order valence-corrected chi connectivity index (χ0v) is 15.9. The molecule has 1 heterocycles. The van der Waals surface area contributed by atoms with Gasteiger partial charge >= 0.3 is 5.97 Å². The molecule has 2 aromatic rings. The van der Waals surface area contributed by atoms with Gasteiger partial charge in [0, 0.05) is 24.1 Å². The highest BCUT2D eigenvalue weighted by Crippen LogP contribution is 2.31. The summed E-state index contributed by atoms with van der Waals surface area (Å²) in [5, 5.41) is 13.6. The highest BCUT2D eigenvalue weighted by Gasteiger charge is 2.30. The summed E-state index contributed by atoms with van der Waals surface area (Å²) >= 11 is 0. The quantitative estimate of drug-likeness (QED) is 0.481. The van der Waals surface area contributed by atoms with Crippen molar-refractivity contribution in [2.24, 2.45) is 0 Å². The summed E-state index contributed by atoms with van der Waals surface area (Å²) in [5.74, 6) is -1.45. The second-order valence-electron chi connectivity index (χ2n) is 6.72. The van der Waals surface area contributed by atoms with Crippen molar-refractivity contribution >= 4 is 34.8 Å². The molecule has 9 heteroatoms. The van der Waals surface area contributed by atoms with Crippen LogP contribution >= 0.6 is 0 Å². The second-order valence-corrected chi connectivity index (χ2v) is 6.72. The average molecular weight is 397 g/mol. The number of hydrogen-bond donors (Lipinski definition) is 1. The molecular formula is C20H19N3O6. The van der Waals surface area contributed by atoms with Gasteiger partial charge in [-0.25, -0.2) is 4.79 Å². The lowest BCUT2D eigenvalue weighted by atomic mass is 10.1.